The molecule has 0 saturated heterocycles. The predicted molar refractivity (Wildman–Crippen MR) is 63.2 cm³/mol. The zero-order valence-corrected chi connectivity index (χ0v) is 9.60. The van der Waals surface area contributed by atoms with Gasteiger partial charge in [0.1, 0.15) is 5.82 Å². The number of anilines is 1. The van der Waals surface area contributed by atoms with Crippen molar-refractivity contribution in [3.05, 3.63) is 33.6 Å². The maximum Gasteiger partial charge on any atom is 0.252 e. The zero-order chi connectivity index (χ0) is 11.5. The maximum atomic E-state index is 11.8. The van der Waals surface area contributed by atoms with Gasteiger partial charge >= 0.3 is 0 Å². The molecule has 16 heavy (non-hydrogen) atoms. The second-order valence-corrected chi connectivity index (χ2v) is 4.20. The van der Waals surface area contributed by atoms with Crippen molar-refractivity contribution in [2.45, 2.75) is 13.5 Å². The van der Waals surface area contributed by atoms with Gasteiger partial charge in [0.25, 0.3) is 5.91 Å². The smallest absolute Gasteiger partial charge is 0.252 e. The number of rotatable bonds is 3. The van der Waals surface area contributed by atoms with Crippen LogP contribution in [0.5, 0.6) is 0 Å². The summed E-state index contributed by atoms with van der Waals surface area (Å²) in [6.07, 6.45) is 1.61. The van der Waals surface area contributed by atoms with Crippen LogP contribution in [0.1, 0.15) is 21.5 Å². The van der Waals surface area contributed by atoms with E-state index < -0.39 is 0 Å². The maximum absolute atomic E-state index is 11.8. The summed E-state index contributed by atoms with van der Waals surface area (Å²) in [5.41, 5.74) is 8.10. The molecule has 0 spiro atoms. The second kappa shape index (κ2) is 4.36. The molecule has 6 heteroatoms. The predicted octanol–water partition coefficient (Wildman–Crippen LogP) is 1.29. The average molecular weight is 236 g/mol. The van der Waals surface area contributed by atoms with Crippen molar-refractivity contribution in [3.8, 4) is 0 Å². The summed E-state index contributed by atoms with van der Waals surface area (Å²) in [5, 5.41) is 13.0. The zero-order valence-electron chi connectivity index (χ0n) is 8.78. The number of hydrogen-bond donors (Lipinski definition) is 3. The number of nitrogen functional groups attached to an aromatic ring is 1. The number of aryl methyl sites for hydroxylation is 1. The third-order valence-corrected chi connectivity index (χ3v) is 3.15. The molecule has 0 saturated carbocycles. The molecular weight excluding hydrogens is 224 g/mol. The first kappa shape index (κ1) is 10.7. The van der Waals surface area contributed by atoms with Crippen LogP contribution in [0.4, 0.5) is 5.82 Å². The van der Waals surface area contributed by atoms with E-state index in [0.29, 0.717) is 17.9 Å². The lowest BCUT2D eigenvalue weighted by atomic mass is 10.2. The minimum Gasteiger partial charge on any atom is -0.384 e. The van der Waals surface area contributed by atoms with Crippen molar-refractivity contribution in [3.63, 3.8) is 0 Å². The van der Waals surface area contributed by atoms with Crippen molar-refractivity contribution in [2.75, 3.05) is 5.73 Å². The van der Waals surface area contributed by atoms with Crippen LogP contribution in [0, 0.1) is 6.92 Å². The number of carbonyl (C=O) groups is 1. The molecule has 0 fully saturated rings. The fraction of sp³-hybridized carbons (Fsp3) is 0.200. The first-order valence-electron chi connectivity index (χ1n) is 4.77. The summed E-state index contributed by atoms with van der Waals surface area (Å²) < 4.78 is 0. The molecule has 5 nitrogen and oxygen atoms in total. The van der Waals surface area contributed by atoms with E-state index in [1.165, 1.54) is 11.3 Å². The van der Waals surface area contributed by atoms with Crippen LogP contribution in [0.2, 0.25) is 0 Å². The van der Waals surface area contributed by atoms with Crippen LogP contribution in [0.15, 0.2) is 17.0 Å². The number of nitrogens with one attached hydrogen (secondary N) is 2. The average Bonchev–Trinajstić information content (AvgIpc) is 2.84. The Kier molecular flexibility index (Phi) is 2.91. The molecule has 0 radical (unpaired) electrons. The first-order chi connectivity index (χ1) is 7.68. The molecular formula is C10H12N4OS. The summed E-state index contributed by atoms with van der Waals surface area (Å²) in [4.78, 5) is 11.8. The summed E-state index contributed by atoms with van der Waals surface area (Å²) >= 11 is 1.52. The van der Waals surface area contributed by atoms with Gasteiger partial charge in [0.15, 0.2) is 0 Å². The number of carbonyl (C=O) groups excluding carboxylic acids is 1. The molecule has 84 valence electrons. The van der Waals surface area contributed by atoms with Crippen LogP contribution in [-0.2, 0) is 6.54 Å². The normalized spacial score (nSPS) is 10.3. The van der Waals surface area contributed by atoms with E-state index in [-0.39, 0.29) is 5.91 Å². The largest absolute Gasteiger partial charge is 0.384 e. The molecule has 0 aromatic carbocycles. The van der Waals surface area contributed by atoms with E-state index in [1.54, 1.807) is 6.20 Å². The van der Waals surface area contributed by atoms with Crippen LogP contribution in [0.25, 0.3) is 0 Å². The highest BCUT2D eigenvalue weighted by Crippen LogP contribution is 2.13. The van der Waals surface area contributed by atoms with Crippen molar-refractivity contribution in [2.24, 2.45) is 0 Å². The lowest BCUT2D eigenvalue weighted by Crippen LogP contribution is -2.23. The third-order valence-electron chi connectivity index (χ3n) is 2.29. The fourth-order valence-corrected chi connectivity index (χ4v) is 2.15. The minimum atomic E-state index is -0.0839. The summed E-state index contributed by atoms with van der Waals surface area (Å²) in [6, 6.07) is 0. The van der Waals surface area contributed by atoms with E-state index >= 15 is 0 Å². The van der Waals surface area contributed by atoms with Gasteiger partial charge < -0.3 is 11.1 Å². The topological polar surface area (TPSA) is 83.8 Å². The Balaban J connectivity index is 1.99. The van der Waals surface area contributed by atoms with Crippen LogP contribution < -0.4 is 11.1 Å². The Labute approximate surface area is 96.7 Å². The van der Waals surface area contributed by atoms with Crippen molar-refractivity contribution >= 4 is 23.1 Å². The number of nitrogens with zero attached hydrogens (tertiary/aromatic N) is 1. The van der Waals surface area contributed by atoms with Crippen molar-refractivity contribution in [1.29, 1.82) is 0 Å². The van der Waals surface area contributed by atoms with Gasteiger partial charge in [0, 0.05) is 17.5 Å². The minimum absolute atomic E-state index is 0.0839. The number of hydrogen-bond acceptors (Lipinski definition) is 4. The monoisotopic (exact) mass is 236 g/mol. The number of aromatic amines is 1. The molecule has 2 aromatic heterocycles. The first-order valence-corrected chi connectivity index (χ1v) is 5.71. The van der Waals surface area contributed by atoms with Crippen LogP contribution in [-0.4, -0.2) is 16.1 Å². The highest BCUT2D eigenvalue weighted by atomic mass is 32.1. The molecule has 2 rings (SSSR count). The molecule has 0 atom stereocenters. The summed E-state index contributed by atoms with van der Waals surface area (Å²) in [7, 11) is 0. The Morgan fingerprint density at radius 1 is 1.62 bits per heavy atom. The number of amides is 1. The third kappa shape index (κ3) is 2.06. The Morgan fingerprint density at radius 3 is 3.00 bits per heavy atom. The van der Waals surface area contributed by atoms with Crippen molar-refractivity contribution in [1.82, 2.24) is 15.5 Å². The molecule has 0 aliphatic heterocycles. The molecule has 2 aromatic rings. The van der Waals surface area contributed by atoms with Gasteiger partial charge in [-0.2, -0.15) is 16.4 Å². The molecule has 1 amide bonds. The second-order valence-electron chi connectivity index (χ2n) is 3.46. The van der Waals surface area contributed by atoms with E-state index in [4.69, 9.17) is 5.73 Å². The lowest BCUT2D eigenvalue weighted by Gasteiger charge is -2.03. The lowest BCUT2D eigenvalue weighted by molar-refractivity contribution is 0.0951. The van der Waals surface area contributed by atoms with Crippen LogP contribution in [0.3, 0.4) is 0 Å². The van der Waals surface area contributed by atoms with Gasteiger partial charge in [-0.05, 0) is 17.9 Å². The van der Waals surface area contributed by atoms with Gasteiger partial charge in [0.2, 0.25) is 0 Å². The molecule has 2 heterocycles. The van der Waals surface area contributed by atoms with Gasteiger partial charge in [-0.25, -0.2) is 0 Å². The van der Waals surface area contributed by atoms with E-state index in [0.717, 1.165) is 11.1 Å². The highest BCUT2D eigenvalue weighted by Gasteiger charge is 2.10. The molecule has 0 bridgehead atoms. The quantitative estimate of drug-likeness (QED) is 0.750. The Morgan fingerprint density at radius 2 is 2.44 bits per heavy atom. The molecule has 4 N–H and O–H groups in total. The number of nitrogens with two attached hydrogens (primary N) is 1. The van der Waals surface area contributed by atoms with Gasteiger partial charge in [-0.3, -0.25) is 9.89 Å². The Hall–Kier alpha value is -1.82. The summed E-state index contributed by atoms with van der Waals surface area (Å²) in [6.45, 7) is 2.30. The molecule has 0 unspecified atom stereocenters. The van der Waals surface area contributed by atoms with Gasteiger partial charge in [0.05, 0.1) is 11.8 Å². The SMILES string of the molecule is Cc1cscc1C(=O)NCc1cn[nH]c1N. The summed E-state index contributed by atoms with van der Waals surface area (Å²) in [5.74, 6) is 0.404. The van der Waals surface area contributed by atoms with Gasteiger partial charge in [-0.15, -0.1) is 0 Å². The van der Waals surface area contributed by atoms with E-state index in [9.17, 15) is 4.79 Å². The number of thiophene rings is 1. The van der Waals surface area contributed by atoms with E-state index in [2.05, 4.69) is 15.5 Å². The highest BCUT2D eigenvalue weighted by molar-refractivity contribution is 7.08. The molecule has 0 aliphatic carbocycles. The van der Waals surface area contributed by atoms with Crippen LogP contribution >= 0.6 is 11.3 Å². The number of H-pyrrole nitrogens is 1. The standard InChI is InChI=1S/C10H12N4OS/c1-6-4-16-5-8(6)10(15)12-2-7-3-13-14-9(7)11/h3-5H,2H2,1H3,(H,12,15)(H3,11,13,14). The fourth-order valence-electron chi connectivity index (χ4n) is 1.33. The Bertz CT molecular complexity index is 502. The molecule has 0 aliphatic rings. The number of aromatic nitrogens is 2. The van der Waals surface area contributed by atoms with E-state index in [1.807, 2.05) is 17.7 Å². The van der Waals surface area contributed by atoms with Gasteiger partial charge in [-0.1, -0.05) is 0 Å². The van der Waals surface area contributed by atoms with Crippen molar-refractivity contribution < 1.29 is 4.79 Å².